The Balaban J connectivity index is 1.70. The highest BCUT2D eigenvalue weighted by molar-refractivity contribution is 9.10. The molecule has 29 heavy (non-hydrogen) atoms. The summed E-state index contributed by atoms with van der Waals surface area (Å²) in [6.07, 6.45) is 2.36. The Morgan fingerprint density at radius 2 is 1.55 bits per heavy atom. The molecule has 0 heterocycles. The molecule has 0 saturated heterocycles. The number of carbonyl (C=O) groups is 1. The quantitative estimate of drug-likeness (QED) is 0.391. The van der Waals surface area contributed by atoms with Crippen molar-refractivity contribution in [2.45, 2.75) is 13.3 Å². The first-order chi connectivity index (χ1) is 14.2. The molecule has 0 saturated carbocycles. The molecule has 3 aromatic rings. The number of hydrogen-bond acceptors (Lipinski definition) is 3. The molecule has 0 spiro atoms. The van der Waals surface area contributed by atoms with E-state index in [1.165, 1.54) is 0 Å². The van der Waals surface area contributed by atoms with Crippen LogP contribution in [-0.4, -0.2) is 19.2 Å². The molecule has 0 unspecified atom stereocenters. The molecular weight excluding hydrogens is 428 g/mol. The standard InChI is InChI=1S/C25H23BrO3/c1-2-28-25(27)18-19-8-14-23(15-9-19)29-17-16-24(20-6-4-3-5-7-20)21-10-12-22(26)13-11-21/h3-16H,2,17-18H2,1H3. The van der Waals surface area contributed by atoms with Gasteiger partial charge in [0.05, 0.1) is 13.0 Å². The van der Waals surface area contributed by atoms with Crippen LogP contribution in [0.5, 0.6) is 5.75 Å². The van der Waals surface area contributed by atoms with Gasteiger partial charge in [0.1, 0.15) is 12.4 Å². The Morgan fingerprint density at radius 1 is 0.897 bits per heavy atom. The summed E-state index contributed by atoms with van der Waals surface area (Å²) in [5.74, 6) is 0.545. The molecule has 0 fully saturated rings. The highest BCUT2D eigenvalue weighted by atomic mass is 79.9. The van der Waals surface area contributed by atoms with Gasteiger partial charge in [-0.15, -0.1) is 0 Å². The molecule has 148 valence electrons. The number of ether oxygens (including phenoxy) is 2. The number of carbonyl (C=O) groups excluding carboxylic acids is 1. The van der Waals surface area contributed by atoms with Gasteiger partial charge in [-0.1, -0.05) is 70.5 Å². The second-order valence-electron chi connectivity index (χ2n) is 6.43. The van der Waals surface area contributed by atoms with Gasteiger partial charge in [0.25, 0.3) is 0 Å². The topological polar surface area (TPSA) is 35.5 Å². The van der Waals surface area contributed by atoms with E-state index in [1.807, 2.05) is 54.6 Å². The van der Waals surface area contributed by atoms with Crippen molar-refractivity contribution >= 4 is 27.5 Å². The van der Waals surface area contributed by atoms with Gasteiger partial charge in [-0.2, -0.15) is 0 Å². The first-order valence-corrected chi connectivity index (χ1v) is 10.3. The minimum atomic E-state index is -0.217. The van der Waals surface area contributed by atoms with Crippen molar-refractivity contribution in [2.24, 2.45) is 0 Å². The smallest absolute Gasteiger partial charge is 0.310 e. The largest absolute Gasteiger partial charge is 0.490 e. The van der Waals surface area contributed by atoms with Crippen LogP contribution in [0.1, 0.15) is 23.6 Å². The summed E-state index contributed by atoms with van der Waals surface area (Å²) >= 11 is 3.49. The molecule has 0 N–H and O–H groups in total. The molecular formula is C25H23BrO3. The molecule has 0 aromatic heterocycles. The van der Waals surface area contributed by atoms with Gasteiger partial charge in [0.15, 0.2) is 0 Å². The Morgan fingerprint density at radius 3 is 2.21 bits per heavy atom. The third-order valence-corrected chi connectivity index (χ3v) is 4.88. The maximum absolute atomic E-state index is 11.6. The molecule has 0 atom stereocenters. The van der Waals surface area contributed by atoms with Crippen molar-refractivity contribution < 1.29 is 14.3 Å². The first kappa shape index (κ1) is 20.9. The van der Waals surface area contributed by atoms with Gasteiger partial charge >= 0.3 is 5.97 Å². The van der Waals surface area contributed by atoms with E-state index in [0.717, 1.165) is 32.5 Å². The second kappa shape index (κ2) is 10.6. The number of benzene rings is 3. The van der Waals surface area contributed by atoms with Crippen molar-refractivity contribution in [3.63, 3.8) is 0 Å². The van der Waals surface area contributed by atoms with E-state index in [-0.39, 0.29) is 12.4 Å². The van der Waals surface area contributed by atoms with Gasteiger partial charge in [-0.05, 0) is 59.5 Å². The van der Waals surface area contributed by atoms with E-state index in [2.05, 4.69) is 46.3 Å². The molecule has 0 aliphatic carbocycles. The summed E-state index contributed by atoms with van der Waals surface area (Å²) in [5.41, 5.74) is 4.30. The van der Waals surface area contributed by atoms with Crippen LogP contribution in [0.3, 0.4) is 0 Å². The molecule has 0 bridgehead atoms. The second-order valence-corrected chi connectivity index (χ2v) is 7.34. The van der Waals surface area contributed by atoms with Crippen LogP contribution < -0.4 is 4.74 Å². The Labute approximate surface area is 180 Å². The van der Waals surface area contributed by atoms with Gasteiger partial charge in [0.2, 0.25) is 0 Å². The summed E-state index contributed by atoms with van der Waals surface area (Å²) in [4.78, 5) is 11.6. The predicted octanol–water partition coefficient (Wildman–Crippen LogP) is 6.07. The average molecular weight is 451 g/mol. The SMILES string of the molecule is CCOC(=O)Cc1ccc(OCC=C(c2ccccc2)c2ccc(Br)cc2)cc1. The monoisotopic (exact) mass is 450 g/mol. The first-order valence-electron chi connectivity index (χ1n) is 9.54. The lowest BCUT2D eigenvalue weighted by molar-refractivity contribution is -0.142. The molecule has 0 aliphatic rings. The summed E-state index contributed by atoms with van der Waals surface area (Å²) in [5, 5.41) is 0. The maximum Gasteiger partial charge on any atom is 0.310 e. The third kappa shape index (κ3) is 6.33. The number of hydrogen-bond donors (Lipinski definition) is 0. The van der Waals surface area contributed by atoms with E-state index < -0.39 is 0 Å². The van der Waals surface area contributed by atoms with Crippen molar-refractivity contribution in [3.05, 3.63) is 106 Å². The molecule has 3 nitrogen and oxygen atoms in total. The summed E-state index contributed by atoms with van der Waals surface area (Å²) in [6, 6.07) is 26.1. The Hall–Kier alpha value is -2.85. The van der Waals surface area contributed by atoms with E-state index in [9.17, 15) is 4.79 Å². The third-order valence-electron chi connectivity index (χ3n) is 4.35. The fourth-order valence-corrected chi connectivity index (χ4v) is 3.22. The van der Waals surface area contributed by atoms with Crippen molar-refractivity contribution in [1.29, 1.82) is 0 Å². The van der Waals surface area contributed by atoms with Crippen LogP contribution in [0, 0.1) is 0 Å². The highest BCUT2D eigenvalue weighted by Gasteiger charge is 2.06. The van der Waals surface area contributed by atoms with Crippen LogP contribution in [-0.2, 0) is 16.0 Å². The van der Waals surface area contributed by atoms with E-state index >= 15 is 0 Å². The van der Waals surface area contributed by atoms with Crippen molar-refractivity contribution in [3.8, 4) is 5.75 Å². The van der Waals surface area contributed by atoms with Crippen LogP contribution in [0.15, 0.2) is 89.4 Å². The molecule has 0 aliphatic heterocycles. The lowest BCUT2D eigenvalue weighted by Gasteiger charge is -2.10. The fraction of sp³-hybridized carbons (Fsp3) is 0.160. The van der Waals surface area contributed by atoms with Gasteiger partial charge < -0.3 is 9.47 Å². The molecule has 0 radical (unpaired) electrons. The highest BCUT2D eigenvalue weighted by Crippen LogP contribution is 2.25. The zero-order valence-electron chi connectivity index (χ0n) is 16.3. The molecule has 4 heteroatoms. The maximum atomic E-state index is 11.6. The van der Waals surface area contributed by atoms with E-state index in [1.54, 1.807) is 6.92 Å². The van der Waals surface area contributed by atoms with Crippen LogP contribution in [0.2, 0.25) is 0 Å². The van der Waals surface area contributed by atoms with Gasteiger partial charge in [0, 0.05) is 4.47 Å². The zero-order valence-corrected chi connectivity index (χ0v) is 17.9. The van der Waals surface area contributed by atoms with Crippen molar-refractivity contribution in [2.75, 3.05) is 13.2 Å². The number of esters is 1. The van der Waals surface area contributed by atoms with Crippen LogP contribution in [0.4, 0.5) is 0 Å². The van der Waals surface area contributed by atoms with E-state index in [4.69, 9.17) is 9.47 Å². The number of rotatable bonds is 8. The molecule has 3 aromatic carbocycles. The molecule has 0 amide bonds. The summed E-state index contributed by atoms with van der Waals surface area (Å²) in [7, 11) is 0. The summed E-state index contributed by atoms with van der Waals surface area (Å²) < 4.78 is 11.9. The normalized spacial score (nSPS) is 11.2. The average Bonchev–Trinajstić information content (AvgIpc) is 2.74. The lowest BCUT2D eigenvalue weighted by atomic mass is 9.98. The van der Waals surface area contributed by atoms with E-state index in [0.29, 0.717) is 13.2 Å². The van der Waals surface area contributed by atoms with Crippen LogP contribution in [0.25, 0.3) is 5.57 Å². The van der Waals surface area contributed by atoms with Gasteiger partial charge in [-0.25, -0.2) is 0 Å². The Kier molecular flexibility index (Phi) is 7.65. The molecule has 3 rings (SSSR count). The minimum absolute atomic E-state index is 0.217. The predicted molar refractivity (Wildman–Crippen MR) is 120 cm³/mol. The van der Waals surface area contributed by atoms with Gasteiger partial charge in [-0.3, -0.25) is 4.79 Å². The lowest BCUT2D eigenvalue weighted by Crippen LogP contribution is -2.07. The van der Waals surface area contributed by atoms with Crippen molar-refractivity contribution in [1.82, 2.24) is 0 Å². The summed E-state index contributed by atoms with van der Waals surface area (Å²) in [6.45, 7) is 2.65. The number of halogens is 1. The van der Waals surface area contributed by atoms with Crippen LogP contribution >= 0.6 is 15.9 Å². The minimum Gasteiger partial charge on any atom is -0.490 e. The Bertz CT molecular complexity index is 946. The fourth-order valence-electron chi connectivity index (χ4n) is 2.95. The zero-order chi connectivity index (χ0) is 20.5.